The second kappa shape index (κ2) is 9.85. The minimum atomic E-state index is -4.15. The fourth-order valence-electron chi connectivity index (χ4n) is 6.33. The standard InChI is InChI=1S/C34H31N3O3S/c1-5-30-29-22-24(3)18-21-31(29)37(41(39,40)28-19-16-23(2)17-20-28)32(26-12-8-6-9-13-26)34(30)25(4)35-36(33(34)38)27-14-10-7-11-15-27/h5-22,30,32H,1H2,2-4H3/t30-,32-,34+/m0/s1. The van der Waals surface area contributed by atoms with E-state index in [9.17, 15) is 13.2 Å². The maximum Gasteiger partial charge on any atom is 0.264 e. The van der Waals surface area contributed by atoms with E-state index in [4.69, 9.17) is 5.10 Å². The fraction of sp³-hybridized carbons (Fsp3) is 0.176. The summed E-state index contributed by atoms with van der Waals surface area (Å²) in [5, 5.41) is 6.23. The lowest BCUT2D eigenvalue weighted by atomic mass is 9.60. The molecule has 1 amide bonds. The SMILES string of the molecule is C=C[C@H]1c2cc(C)ccc2N(S(=O)(=O)c2ccc(C)cc2)[C@@H](c2ccccc2)[C@]12C(=O)N(c1ccccc1)N=C2C. The number of aryl methyl sites for hydroxylation is 2. The Morgan fingerprint density at radius 3 is 2.07 bits per heavy atom. The van der Waals surface area contributed by atoms with Crippen LogP contribution in [0.2, 0.25) is 0 Å². The van der Waals surface area contributed by atoms with Crippen LogP contribution in [-0.2, 0) is 14.8 Å². The summed E-state index contributed by atoms with van der Waals surface area (Å²) in [5.41, 5.74) is 3.61. The topological polar surface area (TPSA) is 70.1 Å². The normalized spacial score (nSPS) is 22.0. The molecule has 0 saturated heterocycles. The first-order valence-corrected chi connectivity index (χ1v) is 15.0. The van der Waals surface area contributed by atoms with Gasteiger partial charge >= 0.3 is 0 Å². The zero-order chi connectivity index (χ0) is 28.9. The maximum absolute atomic E-state index is 14.9. The van der Waals surface area contributed by atoms with E-state index in [1.165, 1.54) is 9.31 Å². The molecule has 206 valence electrons. The van der Waals surface area contributed by atoms with Gasteiger partial charge in [-0.3, -0.25) is 9.10 Å². The Kier molecular flexibility index (Phi) is 6.42. The number of rotatable bonds is 5. The van der Waals surface area contributed by atoms with E-state index in [-0.39, 0.29) is 10.8 Å². The summed E-state index contributed by atoms with van der Waals surface area (Å²) >= 11 is 0. The molecular formula is C34H31N3O3S. The van der Waals surface area contributed by atoms with Crippen LogP contribution < -0.4 is 9.31 Å². The fourth-order valence-corrected chi connectivity index (χ4v) is 8.02. The van der Waals surface area contributed by atoms with Gasteiger partial charge in [0.15, 0.2) is 0 Å². The van der Waals surface area contributed by atoms with Crippen LogP contribution >= 0.6 is 0 Å². The second-order valence-electron chi connectivity index (χ2n) is 10.7. The molecule has 2 aliphatic rings. The number of hydrogen-bond acceptors (Lipinski definition) is 4. The highest BCUT2D eigenvalue weighted by Crippen LogP contribution is 2.61. The van der Waals surface area contributed by atoms with Crippen molar-refractivity contribution in [3.05, 3.63) is 138 Å². The van der Waals surface area contributed by atoms with Crippen LogP contribution in [-0.4, -0.2) is 20.0 Å². The number of fused-ring (bicyclic) bond motifs is 1. The largest absolute Gasteiger partial charge is 0.271 e. The predicted octanol–water partition coefficient (Wildman–Crippen LogP) is 6.93. The van der Waals surface area contributed by atoms with Crippen molar-refractivity contribution in [1.82, 2.24) is 0 Å². The van der Waals surface area contributed by atoms with Crippen LogP contribution in [0.1, 0.15) is 41.1 Å². The van der Waals surface area contributed by atoms with E-state index in [0.717, 1.165) is 16.7 Å². The molecule has 0 aliphatic carbocycles. The highest BCUT2D eigenvalue weighted by molar-refractivity contribution is 7.92. The molecule has 0 saturated carbocycles. The number of benzene rings is 4. The molecule has 4 aromatic rings. The van der Waals surface area contributed by atoms with E-state index in [0.29, 0.717) is 22.6 Å². The van der Waals surface area contributed by atoms with E-state index in [1.807, 2.05) is 99.6 Å². The number of nitrogens with zero attached hydrogens (tertiary/aromatic N) is 3. The van der Waals surface area contributed by atoms with E-state index < -0.39 is 27.4 Å². The first-order valence-electron chi connectivity index (χ1n) is 13.6. The van der Waals surface area contributed by atoms with Crippen molar-refractivity contribution in [2.75, 3.05) is 9.31 Å². The first-order chi connectivity index (χ1) is 19.7. The molecular weight excluding hydrogens is 530 g/mol. The van der Waals surface area contributed by atoms with E-state index in [2.05, 4.69) is 6.58 Å². The molecule has 0 radical (unpaired) electrons. The van der Waals surface area contributed by atoms with Gasteiger partial charge in [0.1, 0.15) is 5.41 Å². The van der Waals surface area contributed by atoms with Crippen LogP contribution in [0.25, 0.3) is 0 Å². The van der Waals surface area contributed by atoms with E-state index in [1.54, 1.807) is 30.3 Å². The Balaban J connectivity index is 1.71. The van der Waals surface area contributed by atoms with Crippen molar-refractivity contribution in [3.63, 3.8) is 0 Å². The van der Waals surface area contributed by atoms with Gasteiger partial charge in [-0.05, 0) is 62.2 Å². The monoisotopic (exact) mass is 561 g/mol. The number of para-hydroxylation sites is 1. The summed E-state index contributed by atoms with van der Waals surface area (Å²) in [6.45, 7) is 9.89. The van der Waals surface area contributed by atoms with Gasteiger partial charge in [0.2, 0.25) is 0 Å². The number of amides is 1. The number of hydrazone groups is 1. The summed E-state index contributed by atoms with van der Waals surface area (Å²) in [6.07, 6.45) is 1.77. The highest BCUT2D eigenvalue weighted by atomic mass is 32.2. The Morgan fingerprint density at radius 1 is 0.829 bits per heavy atom. The minimum Gasteiger partial charge on any atom is -0.271 e. The number of allylic oxidation sites excluding steroid dienone is 1. The summed E-state index contributed by atoms with van der Waals surface area (Å²) in [5.74, 6) is -0.840. The molecule has 6 rings (SSSR count). The van der Waals surface area contributed by atoms with Gasteiger partial charge in [-0.25, -0.2) is 8.42 Å². The van der Waals surface area contributed by atoms with Gasteiger partial charge in [0, 0.05) is 5.92 Å². The van der Waals surface area contributed by atoms with Crippen LogP contribution in [0.4, 0.5) is 11.4 Å². The molecule has 0 aromatic heterocycles. The van der Waals surface area contributed by atoms with Crippen molar-refractivity contribution < 1.29 is 13.2 Å². The third-order valence-electron chi connectivity index (χ3n) is 8.24. The van der Waals surface area contributed by atoms with E-state index >= 15 is 0 Å². The Bertz CT molecular complexity index is 1780. The highest BCUT2D eigenvalue weighted by Gasteiger charge is 2.65. The van der Waals surface area contributed by atoms with Crippen molar-refractivity contribution in [1.29, 1.82) is 0 Å². The van der Waals surface area contributed by atoms with Crippen LogP contribution in [0.15, 0.2) is 126 Å². The van der Waals surface area contributed by atoms with Crippen LogP contribution in [0.3, 0.4) is 0 Å². The zero-order valence-electron chi connectivity index (χ0n) is 23.2. The van der Waals surface area contributed by atoms with Crippen LogP contribution in [0, 0.1) is 19.3 Å². The molecule has 6 nitrogen and oxygen atoms in total. The number of carbonyl (C=O) groups excluding carboxylic acids is 1. The summed E-state index contributed by atoms with van der Waals surface area (Å²) < 4.78 is 31.0. The minimum absolute atomic E-state index is 0.155. The summed E-state index contributed by atoms with van der Waals surface area (Å²) in [4.78, 5) is 15.1. The quantitative estimate of drug-likeness (QED) is 0.248. The smallest absolute Gasteiger partial charge is 0.264 e. The van der Waals surface area contributed by atoms with Crippen molar-refractivity contribution in [3.8, 4) is 0 Å². The molecule has 2 heterocycles. The molecule has 7 heteroatoms. The van der Waals surface area contributed by atoms with Gasteiger partial charge in [-0.2, -0.15) is 10.1 Å². The maximum atomic E-state index is 14.9. The predicted molar refractivity (Wildman–Crippen MR) is 164 cm³/mol. The van der Waals surface area contributed by atoms with Crippen molar-refractivity contribution >= 4 is 33.0 Å². The van der Waals surface area contributed by atoms with Gasteiger partial charge in [-0.15, -0.1) is 6.58 Å². The molecule has 0 unspecified atom stereocenters. The summed E-state index contributed by atoms with van der Waals surface area (Å²) in [7, 11) is -4.15. The van der Waals surface area contributed by atoms with Gasteiger partial charge < -0.3 is 0 Å². The molecule has 4 aromatic carbocycles. The first kappa shape index (κ1) is 26.7. The molecule has 41 heavy (non-hydrogen) atoms. The molecule has 1 spiro atoms. The molecule has 0 N–H and O–H groups in total. The lowest BCUT2D eigenvalue weighted by Gasteiger charge is -2.51. The summed E-state index contributed by atoms with van der Waals surface area (Å²) in [6, 6.07) is 30.2. The molecule has 2 aliphatic heterocycles. The average molecular weight is 562 g/mol. The Hall–Kier alpha value is -4.49. The average Bonchev–Trinajstić information content (AvgIpc) is 3.23. The number of carbonyl (C=O) groups is 1. The lowest BCUT2D eigenvalue weighted by Crippen LogP contribution is -2.57. The molecule has 0 fully saturated rings. The zero-order valence-corrected chi connectivity index (χ0v) is 24.0. The Labute approximate surface area is 241 Å². The third kappa shape index (κ3) is 3.95. The molecule has 3 atom stereocenters. The number of hydrogen-bond donors (Lipinski definition) is 0. The van der Waals surface area contributed by atoms with Crippen LogP contribution in [0.5, 0.6) is 0 Å². The van der Waals surface area contributed by atoms with Gasteiger partial charge in [-0.1, -0.05) is 90.0 Å². The Morgan fingerprint density at radius 2 is 1.44 bits per heavy atom. The third-order valence-corrected chi connectivity index (χ3v) is 10.0. The van der Waals surface area contributed by atoms with Crippen molar-refractivity contribution in [2.45, 2.75) is 37.6 Å². The van der Waals surface area contributed by atoms with Crippen molar-refractivity contribution in [2.24, 2.45) is 10.5 Å². The van der Waals surface area contributed by atoms with Gasteiger partial charge in [0.05, 0.1) is 28.0 Å². The number of sulfonamides is 1. The number of anilines is 2. The molecule has 0 bridgehead atoms. The second-order valence-corrected chi connectivity index (χ2v) is 12.5. The van der Waals surface area contributed by atoms with Gasteiger partial charge in [0.25, 0.3) is 15.9 Å². The lowest BCUT2D eigenvalue weighted by molar-refractivity contribution is -0.125.